The number of hydrogen-bond acceptors (Lipinski definition) is 6. The number of carbonyl (C=O) groups is 1. The monoisotopic (exact) mass is 452 g/mol. The molecule has 0 saturated heterocycles. The first-order valence-electron chi connectivity index (χ1n) is 9.69. The Bertz CT molecular complexity index is 1430. The first kappa shape index (κ1) is 21.5. The van der Waals surface area contributed by atoms with Gasteiger partial charge in [0.15, 0.2) is 0 Å². The Morgan fingerprint density at radius 2 is 1.94 bits per heavy atom. The summed E-state index contributed by atoms with van der Waals surface area (Å²) < 4.78 is 32.8. The van der Waals surface area contributed by atoms with Crippen molar-refractivity contribution in [1.82, 2.24) is 19.6 Å². The van der Waals surface area contributed by atoms with Crippen LogP contribution in [0.25, 0.3) is 10.9 Å². The lowest BCUT2D eigenvalue weighted by molar-refractivity contribution is 0.0781. The van der Waals surface area contributed by atoms with Crippen molar-refractivity contribution in [3.8, 4) is 0 Å². The summed E-state index contributed by atoms with van der Waals surface area (Å²) in [6.07, 6.45) is 1.45. The van der Waals surface area contributed by atoms with Crippen LogP contribution in [0.5, 0.6) is 0 Å². The van der Waals surface area contributed by atoms with Gasteiger partial charge in [-0.2, -0.15) is 0 Å². The second-order valence-electron chi connectivity index (χ2n) is 7.12. The number of aromatic amines is 1. The summed E-state index contributed by atoms with van der Waals surface area (Å²) in [7, 11) is -2.30. The number of furan rings is 1. The molecule has 0 aliphatic rings. The SMILES string of the molecule is CN(Cc1nc2ccccc2c(=O)[nH]1)C(=O)c1cccc(S(=O)(=O)NCc2ccco2)c1. The summed E-state index contributed by atoms with van der Waals surface area (Å²) >= 11 is 0. The van der Waals surface area contributed by atoms with Crippen LogP contribution in [0, 0.1) is 0 Å². The van der Waals surface area contributed by atoms with Crippen LogP contribution in [0.2, 0.25) is 0 Å². The van der Waals surface area contributed by atoms with Gasteiger partial charge >= 0.3 is 0 Å². The molecule has 2 N–H and O–H groups in total. The predicted molar refractivity (Wildman–Crippen MR) is 117 cm³/mol. The zero-order chi connectivity index (χ0) is 22.7. The van der Waals surface area contributed by atoms with Gasteiger partial charge in [-0.05, 0) is 42.5 Å². The maximum absolute atomic E-state index is 12.9. The second kappa shape index (κ2) is 8.77. The third-order valence-electron chi connectivity index (χ3n) is 4.80. The fraction of sp³-hybridized carbons (Fsp3) is 0.136. The van der Waals surface area contributed by atoms with Crippen LogP contribution in [0.4, 0.5) is 0 Å². The molecule has 32 heavy (non-hydrogen) atoms. The molecule has 2 heterocycles. The van der Waals surface area contributed by atoms with E-state index < -0.39 is 15.9 Å². The van der Waals surface area contributed by atoms with Crippen LogP contribution in [0.3, 0.4) is 0 Å². The van der Waals surface area contributed by atoms with Crippen molar-refractivity contribution in [2.75, 3.05) is 7.05 Å². The normalized spacial score (nSPS) is 11.5. The van der Waals surface area contributed by atoms with Gasteiger partial charge in [0.1, 0.15) is 11.6 Å². The molecule has 2 aromatic heterocycles. The maximum atomic E-state index is 12.9. The zero-order valence-corrected chi connectivity index (χ0v) is 17.9. The quantitative estimate of drug-likeness (QED) is 0.443. The fourth-order valence-electron chi connectivity index (χ4n) is 3.19. The second-order valence-corrected chi connectivity index (χ2v) is 8.89. The van der Waals surface area contributed by atoms with Gasteiger partial charge in [0, 0.05) is 12.6 Å². The van der Waals surface area contributed by atoms with Crippen molar-refractivity contribution < 1.29 is 17.6 Å². The summed E-state index contributed by atoms with van der Waals surface area (Å²) in [6, 6.07) is 16.0. The molecule has 2 aromatic carbocycles. The summed E-state index contributed by atoms with van der Waals surface area (Å²) in [6.45, 7) is 0.0427. The van der Waals surface area contributed by atoms with Gasteiger partial charge in [0.25, 0.3) is 11.5 Å². The van der Waals surface area contributed by atoms with Crippen molar-refractivity contribution in [2.24, 2.45) is 0 Å². The highest BCUT2D eigenvalue weighted by Gasteiger charge is 2.19. The molecule has 0 fully saturated rings. The molecule has 4 rings (SSSR count). The molecule has 0 bridgehead atoms. The summed E-state index contributed by atoms with van der Waals surface area (Å²) in [5, 5.41) is 0.463. The van der Waals surface area contributed by atoms with Gasteiger partial charge in [0.05, 0.1) is 35.2 Å². The third kappa shape index (κ3) is 4.61. The molecule has 10 heteroatoms. The standard InChI is InChI=1S/C22H20N4O5S/c1-26(14-20-24-19-10-3-2-9-18(19)21(27)25-20)22(28)15-6-4-8-17(12-15)32(29,30)23-13-16-7-5-11-31-16/h2-12,23H,13-14H2,1H3,(H,24,25,27). The number of benzene rings is 2. The van der Waals surface area contributed by atoms with Crippen LogP contribution in [0.1, 0.15) is 21.9 Å². The average Bonchev–Trinajstić information content (AvgIpc) is 3.31. The Morgan fingerprint density at radius 3 is 2.72 bits per heavy atom. The van der Waals surface area contributed by atoms with Gasteiger partial charge < -0.3 is 14.3 Å². The van der Waals surface area contributed by atoms with E-state index in [2.05, 4.69) is 14.7 Å². The molecular formula is C22H20N4O5S. The van der Waals surface area contributed by atoms with E-state index in [4.69, 9.17) is 4.42 Å². The lowest BCUT2D eigenvalue weighted by Gasteiger charge is -2.17. The molecule has 0 spiro atoms. The third-order valence-corrected chi connectivity index (χ3v) is 6.20. The van der Waals surface area contributed by atoms with E-state index in [1.807, 2.05) is 0 Å². The van der Waals surface area contributed by atoms with Crippen molar-refractivity contribution >= 4 is 26.8 Å². The molecule has 0 atom stereocenters. The summed E-state index contributed by atoms with van der Waals surface area (Å²) in [5.74, 6) is 0.384. The first-order valence-corrected chi connectivity index (χ1v) is 11.2. The molecule has 4 aromatic rings. The number of amides is 1. The Hall–Kier alpha value is -3.76. The van der Waals surface area contributed by atoms with Crippen LogP contribution in [-0.4, -0.2) is 36.2 Å². The number of nitrogens with one attached hydrogen (secondary N) is 2. The van der Waals surface area contributed by atoms with Gasteiger partial charge in [0.2, 0.25) is 10.0 Å². The number of hydrogen-bond donors (Lipinski definition) is 2. The van der Waals surface area contributed by atoms with E-state index in [0.29, 0.717) is 22.5 Å². The number of aromatic nitrogens is 2. The van der Waals surface area contributed by atoms with E-state index in [1.165, 1.54) is 35.4 Å². The van der Waals surface area contributed by atoms with Gasteiger partial charge in [-0.3, -0.25) is 9.59 Å². The van der Waals surface area contributed by atoms with E-state index in [0.717, 1.165) is 0 Å². The Kier molecular flexibility index (Phi) is 5.89. The van der Waals surface area contributed by atoms with Gasteiger partial charge in [-0.25, -0.2) is 18.1 Å². The van der Waals surface area contributed by atoms with Crippen molar-refractivity contribution in [3.63, 3.8) is 0 Å². The van der Waals surface area contributed by atoms with Crippen LogP contribution in [0.15, 0.2) is 81.0 Å². The fourth-order valence-corrected chi connectivity index (χ4v) is 4.22. The zero-order valence-electron chi connectivity index (χ0n) is 17.1. The smallest absolute Gasteiger partial charge is 0.258 e. The number of nitrogens with zero attached hydrogens (tertiary/aromatic N) is 2. The van der Waals surface area contributed by atoms with E-state index in [1.54, 1.807) is 43.4 Å². The highest BCUT2D eigenvalue weighted by molar-refractivity contribution is 7.89. The van der Waals surface area contributed by atoms with Crippen LogP contribution < -0.4 is 10.3 Å². The highest BCUT2D eigenvalue weighted by Crippen LogP contribution is 2.15. The Morgan fingerprint density at radius 1 is 1.12 bits per heavy atom. The summed E-state index contributed by atoms with van der Waals surface area (Å²) in [4.78, 5) is 33.5. The first-order chi connectivity index (χ1) is 15.3. The minimum atomic E-state index is -3.85. The lowest BCUT2D eigenvalue weighted by Crippen LogP contribution is -2.29. The number of sulfonamides is 1. The number of fused-ring (bicyclic) bond motifs is 1. The molecule has 0 aliphatic carbocycles. The van der Waals surface area contributed by atoms with E-state index in [-0.39, 0.29) is 29.1 Å². The predicted octanol–water partition coefficient (Wildman–Crippen LogP) is 2.27. The lowest BCUT2D eigenvalue weighted by atomic mass is 10.2. The number of H-pyrrole nitrogens is 1. The van der Waals surface area contributed by atoms with E-state index >= 15 is 0 Å². The van der Waals surface area contributed by atoms with E-state index in [9.17, 15) is 18.0 Å². The molecule has 164 valence electrons. The number of carbonyl (C=O) groups excluding carboxylic acids is 1. The maximum Gasteiger partial charge on any atom is 0.258 e. The minimum absolute atomic E-state index is 0.00555. The highest BCUT2D eigenvalue weighted by atomic mass is 32.2. The summed E-state index contributed by atoms with van der Waals surface area (Å²) in [5.41, 5.74) is 0.432. The van der Waals surface area contributed by atoms with Gasteiger partial charge in [-0.1, -0.05) is 18.2 Å². The molecule has 9 nitrogen and oxygen atoms in total. The molecule has 1 amide bonds. The van der Waals surface area contributed by atoms with Crippen molar-refractivity contribution in [2.45, 2.75) is 18.0 Å². The molecular weight excluding hydrogens is 432 g/mol. The van der Waals surface area contributed by atoms with Crippen LogP contribution >= 0.6 is 0 Å². The Balaban J connectivity index is 1.51. The van der Waals surface area contributed by atoms with Gasteiger partial charge in [-0.15, -0.1) is 0 Å². The van der Waals surface area contributed by atoms with Crippen molar-refractivity contribution in [3.05, 3.63) is 94.4 Å². The number of para-hydroxylation sites is 1. The Labute approximate surface area is 183 Å². The van der Waals surface area contributed by atoms with Crippen molar-refractivity contribution in [1.29, 1.82) is 0 Å². The topological polar surface area (TPSA) is 125 Å². The average molecular weight is 452 g/mol. The molecule has 0 unspecified atom stereocenters. The minimum Gasteiger partial charge on any atom is -0.468 e. The largest absolute Gasteiger partial charge is 0.468 e. The molecule has 0 aliphatic heterocycles. The van der Waals surface area contributed by atoms with Crippen LogP contribution in [-0.2, 0) is 23.1 Å². The number of rotatable bonds is 7. The molecule has 0 radical (unpaired) electrons. The molecule has 0 saturated carbocycles.